The fourth-order valence-electron chi connectivity index (χ4n) is 1.96. The molecule has 2 rings (SSSR count). The van der Waals surface area contributed by atoms with Gasteiger partial charge < -0.3 is 14.9 Å². The van der Waals surface area contributed by atoms with Crippen LogP contribution in [0.3, 0.4) is 0 Å². The highest BCUT2D eigenvalue weighted by molar-refractivity contribution is 6.32. The van der Waals surface area contributed by atoms with Gasteiger partial charge in [-0.05, 0) is 30.7 Å². The van der Waals surface area contributed by atoms with Crippen LogP contribution in [0.2, 0.25) is 5.02 Å². The van der Waals surface area contributed by atoms with Gasteiger partial charge in [-0.25, -0.2) is 5.84 Å². The maximum Gasteiger partial charge on any atom is 0.138 e. The monoisotopic (exact) mass is 292 g/mol. The molecule has 0 aromatic heterocycles. The quantitative estimate of drug-likeness (QED) is 0.671. The zero-order chi connectivity index (χ0) is 14.7. The van der Waals surface area contributed by atoms with E-state index in [9.17, 15) is 5.11 Å². The summed E-state index contributed by atoms with van der Waals surface area (Å²) in [7, 11) is 1.78. The summed E-state index contributed by atoms with van der Waals surface area (Å²) >= 11 is 6.02. The van der Waals surface area contributed by atoms with Gasteiger partial charge in [0.2, 0.25) is 0 Å². The van der Waals surface area contributed by atoms with Gasteiger partial charge in [0.05, 0.1) is 10.7 Å². The van der Waals surface area contributed by atoms with E-state index in [1.165, 1.54) is 12.1 Å². The molecule has 0 saturated carbocycles. The molecule has 0 amide bonds. The van der Waals surface area contributed by atoms with E-state index in [0.717, 1.165) is 16.8 Å². The minimum atomic E-state index is 0.112. The first-order valence-electron chi connectivity index (χ1n) is 6.17. The fourth-order valence-corrected chi connectivity index (χ4v) is 2.19. The molecule has 5 heteroatoms. The van der Waals surface area contributed by atoms with Crippen LogP contribution in [0.4, 0.5) is 5.69 Å². The van der Waals surface area contributed by atoms with Crippen molar-refractivity contribution < 1.29 is 9.84 Å². The van der Waals surface area contributed by atoms with Gasteiger partial charge in [0.1, 0.15) is 18.1 Å². The summed E-state index contributed by atoms with van der Waals surface area (Å²) in [6.45, 7) is 2.36. The van der Waals surface area contributed by atoms with Crippen LogP contribution in [0.25, 0.3) is 0 Å². The van der Waals surface area contributed by atoms with Crippen molar-refractivity contribution in [3.8, 4) is 11.5 Å². The van der Waals surface area contributed by atoms with E-state index in [2.05, 4.69) is 0 Å². The molecule has 0 heterocycles. The Labute approximate surface area is 123 Å². The van der Waals surface area contributed by atoms with Gasteiger partial charge in [-0.1, -0.05) is 23.7 Å². The number of anilines is 1. The van der Waals surface area contributed by atoms with E-state index in [1.807, 2.05) is 25.1 Å². The molecule has 0 spiro atoms. The second-order valence-electron chi connectivity index (χ2n) is 4.59. The Balaban J connectivity index is 2.23. The molecule has 3 N–H and O–H groups in total. The van der Waals surface area contributed by atoms with Crippen LogP contribution in [-0.4, -0.2) is 12.2 Å². The molecule has 0 fully saturated rings. The molecule has 0 atom stereocenters. The predicted octanol–water partition coefficient (Wildman–Crippen LogP) is 3.24. The van der Waals surface area contributed by atoms with Gasteiger partial charge in [-0.2, -0.15) is 0 Å². The number of ether oxygens (including phenoxy) is 1. The van der Waals surface area contributed by atoms with Crippen LogP contribution in [0.5, 0.6) is 11.5 Å². The minimum Gasteiger partial charge on any atom is -0.508 e. The van der Waals surface area contributed by atoms with Crippen LogP contribution >= 0.6 is 11.6 Å². The van der Waals surface area contributed by atoms with Crippen LogP contribution in [0, 0.1) is 6.92 Å². The van der Waals surface area contributed by atoms with Crippen molar-refractivity contribution >= 4 is 17.3 Å². The van der Waals surface area contributed by atoms with Gasteiger partial charge in [0.25, 0.3) is 0 Å². The highest BCUT2D eigenvalue weighted by Crippen LogP contribution is 2.30. The summed E-state index contributed by atoms with van der Waals surface area (Å²) in [5, 5.41) is 11.3. The first-order chi connectivity index (χ1) is 9.49. The lowest BCUT2D eigenvalue weighted by Gasteiger charge is -2.19. The molecule has 4 nitrogen and oxygen atoms in total. The highest BCUT2D eigenvalue weighted by atomic mass is 35.5. The zero-order valence-corrected chi connectivity index (χ0v) is 12.2. The number of halogens is 1. The fraction of sp³-hybridized carbons (Fsp3) is 0.200. The van der Waals surface area contributed by atoms with E-state index in [0.29, 0.717) is 17.4 Å². The smallest absolute Gasteiger partial charge is 0.138 e. The van der Waals surface area contributed by atoms with E-state index in [1.54, 1.807) is 18.1 Å². The lowest BCUT2D eigenvalue weighted by Crippen LogP contribution is -2.26. The molecule has 20 heavy (non-hydrogen) atoms. The van der Waals surface area contributed by atoms with E-state index < -0.39 is 0 Å². The van der Waals surface area contributed by atoms with Gasteiger partial charge in [-0.3, -0.25) is 0 Å². The number of phenols is 1. The maximum atomic E-state index is 9.32. The van der Waals surface area contributed by atoms with Crippen molar-refractivity contribution in [1.29, 1.82) is 0 Å². The number of hydrogen-bond acceptors (Lipinski definition) is 4. The summed E-state index contributed by atoms with van der Waals surface area (Å²) < 4.78 is 5.72. The van der Waals surface area contributed by atoms with E-state index >= 15 is 0 Å². The van der Waals surface area contributed by atoms with Crippen molar-refractivity contribution in [3.63, 3.8) is 0 Å². The highest BCUT2D eigenvalue weighted by Gasteiger charge is 2.10. The molecule has 106 valence electrons. The second-order valence-corrected chi connectivity index (χ2v) is 4.99. The Kier molecular flexibility index (Phi) is 4.37. The number of aromatic hydroxyl groups is 1. The van der Waals surface area contributed by atoms with E-state index in [4.69, 9.17) is 22.2 Å². The molecule has 2 aromatic rings. The summed E-state index contributed by atoms with van der Waals surface area (Å²) in [5.74, 6) is 6.46. The van der Waals surface area contributed by atoms with Crippen molar-refractivity contribution in [2.24, 2.45) is 5.84 Å². The third-order valence-corrected chi connectivity index (χ3v) is 3.35. The summed E-state index contributed by atoms with van der Waals surface area (Å²) in [5.41, 5.74) is 3.00. The third-order valence-electron chi connectivity index (χ3n) is 3.05. The minimum absolute atomic E-state index is 0.112. The Morgan fingerprint density at radius 3 is 2.70 bits per heavy atom. The van der Waals surface area contributed by atoms with Gasteiger partial charge in [-0.15, -0.1) is 0 Å². The molecule has 0 radical (unpaired) electrons. The molecule has 0 saturated heterocycles. The van der Waals surface area contributed by atoms with Crippen molar-refractivity contribution in [2.75, 3.05) is 12.1 Å². The van der Waals surface area contributed by atoms with Crippen molar-refractivity contribution in [2.45, 2.75) is 13.5 Å². The largest absolute Gasteiger partial charge is 0.508 e. The van der Waals surface area contributed by atoms with E-state index in [-0.39, 0.29) is 5.75 Å². The Bertz CT molecular complexity index is 615. The molecule has 0 aliphatic rings. The maximum absolute atomic E-state index is 9.32. The second kappa shape index (κ2) is 6.03. The molecule has 2 aromatic carbocycles. The number of rotatable bonds is 4. The van der Waals surface area contributed by atoms with Crippen molar-refractivity contribution in [1.82, 2.24) is 0 Å². The number of nitrogens with zero attached hydrogens (tertiary/aromatic N) is 1. The van der Waals surface area contributed by atoms with Gasteiger partial charge in [0.15, 0.2) is 0 Å². The Hall–Kier alpha value is -1.91. The lowest BCUT2D eigenvalue weighted by atomic mass is 10.1. The Morgan fingerprint density at radius 2 is 2.05 bits per heavy atom. The lowest BCUT2D eigenvalue weighted by molar-refractivity contribution is 0.305. The average molecular weight is 293 g/mol. The number of phenolic OH excluding ortho intramolecular Hbond substituents is 1. The number of benzene rings is 2. The topological polar surface area (TPSA) is 58.7 Å². The number of hydrogen-bond donors (Lipinski definition) is 2. The molecule has 0 aliphatic heterocycles. The number of hydrazine groups is 1. The van der Waals surface area contributed by atoms with Crippen molar-refractivity contribution in [3.05, 3.63) is 52.5 Å². The van der Waals surface area contributed by atoms with Gasteiger partial charge in [0, 0.05) is 18.7 Å². The first-order valence-corrected chi connectivity index (χ1v) is 6.55. The predicted molar refractivity (Wildman–Crippen MR) is 81.2 cm³/mol. The van der Waals surface area contributed by atoms with Crippen LogP contribution in [-0.2, 0) is 6.61 Å². The number of aryl methyl sites for hydroxylation is 1. The number of nitrogens with two attached hydrogens (primary N) is 1. The summed E-state index contributed by atoms with van der Waals surface area (Å²) in [6.07, 6.45) is 0. The van der Waals surface area contributed by atoms with Crippen LogP contribution in [0.15, 0.2) is 36.4 Å². The van der Waals surface area contributed by atoms with Crippen LogP contribution in [0.1, 0.15) is 11.1 Å². The zero-order valence-electron chi connectivity index (χ0n) is 11.4. The standard InChI is InChI=1S/C15H17ClN2O2/c1-10-4-3-5-14(18(2)17)12(10)9-20-15-7-6-11(19)8-13(15)16/h3-8,19H,9,17H2,1-2H3. The van der Waals surface area contributed by atoms with Gasteiger partial charge >= 0.3 is 0 Å². The molecule has 0 aliphatic carbocycles. The molecule has 0 bridgehead atoms. The average Bonchev–Trinajstić information content (AvgIpc) is 2.38. The Morgan fingerprint density at radius 1 is 1.30 bits per heavy atom. The molecular weight excluding hydrogens is 276 g/mol. The summed E-state index contributed by atoms with van der Waals surface area (Å²) in [6, 6.07) is 10.5. The normalized spacial score (nSPS) is 10.4. The SMILES string of the molecule is Cc1cccc(N(C)N)c1COc1ccc(O)cc1Cl. The summed E-state index contributed by atoms with van der Waals surface area (Å²) in [4.78, 5) is 0. The van der Waals surface area contributed by atoms with Crippen LogP contribution < -0.4 is 15.6 Å². The molecular formula is C15H17ClN2O2. The molecule has 0 unspecified atom stereocenters. The third kappa shape index (κ3) is 3.15. The first kappa shape index (κ1) is 14.5.